The van der Waals surface area contributed by atoms with Crippen LogP contribution in [0.4, 0.5) is 19.3 Å². The second-order valence-electron chi connectivity index (χ2n) is 14.9. The average Bonchev–Trinajstić information content (AvgIpc) is 3.88. The third-order valence-electron chi connectivity index (χ3n) is 10.8. The van der Waals surface area contributed by atoms with Crippen molar-refractivity contribution in [3.63, 3.8) is 0 Å². The summed E-state index contributed by atoms with van der Waals surface area (Å²) in [5.74, 6) is -4.94. The number of nitrogens with one attached hydrogen (secondary N) is 4. The summed E-state index contributed by atoms with van der Waals surface area (Å²) in [6.07, 6.45) is 0.708. The number of hydrogen-bond donors (Lipinski definition) is 4. The molecule has 3 fully saturated rings. The molecule has 0 spiro atoms. The van der Waals surface area contributed by atoms with Crippen molar-refractivity contribution in [3.05, 3.63) is 65.2 Å². The molecule has 7 atom stereocenters. The largest absolute Gasteiger partial charge is 0.458 e. The number of likely N-dealkylation sites (N-methyl/N-ethyl adjacent to an activating group) is 1. The van der Waals surface area contributed by atoms with Gasteiger partial charge in [0.15, 0.2) is 0 Å². The number of halogens is 2. The Balaban J connectivity index is 1.46. The van der Waals surface area contributed by atoms with Crippen molar-refractivity contribution in [1.29, 1.82) is 0 Å². The Morgan fingerprint density at radius 1 is 0.877 bits per heavy atom. The molecule has 5 rings (SSSR count). The Morgan fingerprint density at radius 2 is 1.51 bits per heavy atom. The molecule has 310 valence electrons. The molecule has 3 saturated heterocycles. The summed E-state index contributed by atoms with van der Waals surface area (Å²) < 4.78 is 40.2. The van der Waals surface area contributed by atoms with Crippen LogP contribution in [0, 0.1) is 11.6 Å². The van der Waals surface area contributed by atoms with Gasteiger partial charge in [-0.25, -0.2) is 18.4 Å². The monoisotopic (exact) mass is 797 g/mol. The number of ether oxygens (including phenoxy) is 2. The highest BCUT2D eigenvalue weighted by molar-refractivity contribution is 5.97. The maximum atomic E-state index is 14.6. The normalized spacial score (nSPS) is 25.8. The SMILES string of the molecule is CCc1ccc(NC(=O)N[C@@H](Cc2cc(F)cc(F)c2)C(=O)N[C@@H]2C(=O)N3CCCC3C(=O)N(C)[C@@H](C)COCN[C@@H](C)C(=O)N3CCCC3C(=O)O[C@H]2C)cc1. The van der Waals surface area contributed by atoms with Gasteiger partial charge in [-0.05, 0) is 88.3 Å². The number of benzene rings is 2. The topological polar surface area (TPSA) is 179 Å². The lowest BCUT2D eigenvalue weighted by atomic mass is 10.0. The summed E-state index contributed by atoms with van der Waals surface area (Å²) in [6.45, 7) is 7.46. The third-order valence-corrected chi connectivity index (χ3v) is 10.8. The van der Waals surface area contributed by atoms with Crippen LogP contribution < -0.4 is 21.3 Å². The molecule has 3 heterocycles. The molecule has 4 N–H and O–H groups in total. The van der Waals surface area contributed by atoms with Crippen LogP contribution in [0.25, 0.3) is 0 Å². The van der Waals surface area contributed by atoms with Crippen LogP contribution >= 0.6 is 0 Å². The van der Waals surface area contributed by atoms with Crippen molar-refractivity contribution in [2.75, 3.05) is 38.8 Å². The Bertz CT molecular complexity index is 1780. The summed E-state index contributed by atoms with van der Waals surface area (Å²) in [7, 11) is 1.60. The summed E-state index contributed by atoms with van der Waals surface area (Å²) in [5, 5.41) is 10.9. The fourth-order valence-electron chi connectivity index (χ4n) is 7.34. The average molecular weight is 798 g/mol. The fraction of sp³-hybridized carbons (Fsp3) is 0.550. The van der Waals surface area contributed by atoms with Crippen LogP contribution in [0.5, 0.6) is 0 Å². The first-order chi connectivity index (χ1) is 27.2. The molecule has 15 nitrogen and oxygen atoms in total. The zero-order chi connectivity index (χ0) is 41.4. The molecule has 6 amide bonds. The molecular formula is C40H53F2N7O8. The van der Waals surface area contributed by atoms with Gasteiger partial charge < -0.3 is 40.1 Å². The first-order valence-electron chi connectivity index (χ1n) is 19.5. The van der Waals surface area contributed by atoms with Crippen molar-refractivity contribution in [2.45, 2.75) is 109 Å². The number of hydrogen-bond acceptors (Lipinski definition) is 9. The fourth-order valence-corrected chi connectivity index (χ4v) is 7.34. The van der Waals surface area contributed by atoms with Gasteiger partial charge in [-0.2, -0.15) is 0 Å². The van der Waals surface area contributed by atoms with E-state index in [0.717, 1.165) is 24.1 Å². The van der Waals surface area contributed by atoms with E-state index in [4.69, 9.17) is 9.47 Å². The number of carbonyl (C=O) groups is 6. The van der Waals surface area contributed by atoms with Crippen molar-refractivity contribution in [3.8, 4) is 0 Å². The van der Waals surface area contributed by atoms with Crippen LogP contribution in [-0.4, -0.2) is 126 Å². The predicted octanol–water partition coefficient (Wildman–Crippen LogP) is 2.47. The lowest BCUT2D eigenvalue weighted by Crippen LogP contribution is -2.61. The number of cyclic esters (lactones) is 1. The Hall–Kier alpha value is -5.16. The first-order valence-corrected chi connectivity index (χ1v) is 19.5. The van der Waals surface area contributed by atoms with Crippen LogP contribution in [0.3, 0.4) is 0 Å². The van der Waals surface area contributed by atoms with Gasteiger partial charge in [0.2, 0.25) is 23.6 Å². The maximum Gasteiger partial charge on any atom is 0.329 e. The lowest BCUT2D eigenvalue weighted by molar-refractivity contribution is -0.162. The van der Waals surface area contributed by atoms with Crippen LogP contribution in [0.1, 0.15) is 64.5 Å². The van der Waals surface area contributed by atoms with Crippen LogP contribution in [0.2, 0.25) is 0 Å². The number of fused-ring (bicyclic) bond motifs is 2. The molecule has 17 heteroatoms. The Morgan fingerprint density at radius 3 is 2.16 bits per heavy atom. The van der Waals surface area contributed by atoms with Gasteiger partial charge in [-0.15, -0.1) is 0 Å². The quantitative estimate of drug-likeness (QED) is 0.307. The van der Waals surface area contributed by atoms with Gasteiger partial charge >= 0.3 is 12.0 Å². The van der Waals surface area contributed by atoms with Crippen LogP contribution in [0.15, 0.2) is 42.5 Å². The number of urea groups is 1. The minimum Gasteiger partial charge on any atom is -0.458 e. The maximum absolute atomic E-state index is 14.6. The molecule has 0 saturated carbocycles. The highest BCUT2D eigenvalue weighted by Crippen LogP contribution is 2.25. The van der Waals surface area contributed by atoms with Crippen molar-refractivity contribution in [1.82, 2.24) is 30.7 Å². The third kappa shape index (κ3) is 10.8. The number of rotatable bonds is 7. The zero-order valence-electron chi connectivity index (χ0n) is 33.0. The second kappa shape index (κ2) is 19.3. The number of aryl methyl sites for hydroxylation is 1. The summed E-state index contributed by atoms with van der Waals surface area (Å²) >= 11 is 0. The predicted molar refractivity (Wildman–Crippen MR) is 204 cm³/mol. The van der Waals surface area contributed by atoms with E-state index >= 15 is 0 Å². The zero-order valence-corrected chi connectivity index (χ0v) is 33.0. The highest BCUT2D eigenvalue weighted by atomic mass is 19.1. The highest BCUT2D eigenvalue weighted by Gasteiger charge is 2.44. The molecule has 2 aromatic carbocycles. The minimum atomic E-state index is -1.58. The number of anilines is 1. The van der Waals surface area contributed by atoms with Gasteiger partial charge in [0.05, 0.1) is 25.4 Å². The Labute approximate surface area is 331 Å². The standard InChI is InChI=1S/C40H53F2N7O8/c1-6-26-11-13-30(14-12-26)44-40(55)45-31(19-27-17-28(41)20-29(42)18-27)35(50)46-34-25(4)57-39(54)33-10-8-16-49(33)36(51)24(3)43-22-56-21-23(2)47(5)37(52)32-9-7-15-48(32)38(34)53/h11-14,17-18,20,23-25,31-34,43H,6-10,15-16,19,21-22H2,1-5H3,(H,46,50)(H2,44,45,55)/t23-,24-,25-,31-,32?,33?,34-/m0/s1. The van der Waals surface area contributed by atoms with Crippen molar-refractivity contribution < 1.29 is 47.0 Å². The van der Waals surface area contributed by atoms with E-state index in [1.165, 1.54) is 21.6 Å². The van der Waals surface area contributed by atoms with Crippen LogP contribution in [-0.2, 0) is 46.3 Å². The molecule has 0 radical (unpaired) electrons. The summed E-state index contributed by atoms with van der Waals surface area (Å²) in [6, 6.07) is 2.85. The molecule has 3 aliphatic rings. The minimum absolute atomic E-state index is 0.0202. The number of esters is 1. The second-order valence-corrected chi connectivity index (χ2v) is 14.9. The lowest BCUT2D eigenvalue weighted by Gasteiger charge is -2.35. The summed E-state index contributed by atoms with van der Waals surface area (Å²) in [4.78, 5) is 87.4. The van der Waals surface area contributed by atoms with E-state index in [0.29, 0.717) is 44.0 Å². The van der Waals surface area contributed by atoms with Gasteiger partial charge in [0, 0.05) is 38.3 Å². The van der Waals surface area contributed by atoms with E-state index < -0.39 is 84.2 Å². The molecule has 2 unspecified atom stereocenters. The van der Waals surface area contributed by atoms with E-state index in [1.807, 2.05) is 19.1 Å². The van der Waals surface area contributed by atoms with Gasteiger partial charge in [-0.3, -0.25) is 24.5 Å². The van der Waals surface area contributed by atoms with Crippen molar-refractivity contribution >= 4 is 41.3 Å². The number of carbonyl (C=O) groups excluding carboxylic acids is 6. The van der Waals surface area contributed by atoms with Gasteiger partial charge in [0.1, 0.15) is 41.9 Å². The molecule has 0 aromatic heterocycles. The number of amides is 6. The molecule has 0 bridgehead atoms. The summed E-state index contributed by atoms with van der Waals surface area (Å²) in [5.41, 5.74) is 1.49. The number of nitrogens with zero attached hydrogens (tertiary/aromatic N) is 3. The Kier molecular flexibility index (Phi) is 14.6. The molecule has 2 aromatic rings. The van der Waals surface area contributed by atoms with E-state index in [9.17, 15) is 37.5 Å². The van der Waals surface area contributed by atoms with E-state index in [-0.39, 0.29) is 37.3 Å². The molecule has 57 heavy (non-hydrogen) atoms. The van der Waals surface area contributed by atoms with E-state index in [2.05, 4.69) is 21.3 Å². The van der Waals surface area contributed by atoms with Gasteiger partial charge in [-0.1, -0.05) is 19.1 Å². The first kappa shape index (κ1) is 43.0. The molecular weight excluding hydrogens is 744 g/mol. The van der Waals surface area contributed by atoms with Crippen molar-refractivity contribution in [2.24, 2.45) is 0 Å². The molecule has 3 aliphatic heterocycles. The van der Waals surface area contributed by atoms with Gasteiger partial charge in [0.25, 0.3) is 0 Å². The molecule has 0 aliphatic carbocycles. The smallest absolute Gasteiger partial charge is 0.329 e. The van der Waals surface area contributed by atoms with E-state index in [1.54, 1.807) is 33.0 Å².